The molecule has 1 N–H and O–H groups in total. The van der Waals surface area contributed by atoms with Crippen molar-refractivity contribution in [3.8, 4) is 11.5 Å². The Morgan fingerprint density at radius 2 is 1.59 bits per heavy atom. The van der Waals surface area contributed by atoms with Crippen LogP contribution in [-0.2, 0) is 11.2 Å². The number of likely N-dealkylation sites (tertiary alicyclic amines) is 1. The third kappa shape index (κ3) is 6.45. The summed E-state index contributed by atoms with van der Waals surface area (Å²) in [5.74, 6) is -1.47. The van der Waals surface area contributed by atoms with Crippen LogP contribution in [0.25, 0.3) is 0 Å². The number of carbonyl (C=O) groups is 3. The second-order valence-corrected chi connectivity index (χ2v) is 10.5. The van der Waals surface area contributed by atoms with E-state index in [4.69, 9.17) is 9.47 Å². The zero-order chi connectivity index (χ0) is 28.3. The minimum absolute atomic E-state index is 0.161. The number of ether oxygens (including phenoxy) is 2. The standard InChI is InChI=1S/C31H32FNO6/c1-19-14-21(15-20(2)28(19)39-31(3,4)29(35)36)16-23-17-33(30(37)38-25-8-6-5-7-9-25)18-26(23)27(34)22-10-12-24(32)13-11-22/h5-15,23,26H,16-18H2,1-4H3,(H,35,36)/t23-,26-/m0/s1. The van der Waals surface area contributed by atoms with Crippen LogP contribution in [0.4, 0.5) is 9.18 Å². The quantitative estimate of drug-likeness (QED) is 0.365. The maximum Gasteiger partial charge on any atom is 0.415 e. The summed E-state index contributed by atoms with van der Waals surface area (Å²) >= 11 is 0. The fourth-order valence-electron chi connectivity index (χ4n) is 4.93. The number of hydrogen-bond acceptors (Lipinski definition) is 5. The number of rotatable bonds is 8. The number of carbonyl (C=O) groups excluding carboxylic acids is 2. The van der Waals surface area contributed by atoms with Crippen molar-refractivity contribution in [3.05, 3.63) is 94.8 Å². The molecule has 8 heteroatoms. The topological polar surface area (TPSA) is 93.1 Å². The van der Waals surface area contributed by atoms with E-state index >= 15 is 0 Å². The molecule has 1 fully saturated rings. The highest BCUT2D eigenvalue weighted by atomic mass is 19.1. The second-order valence-electron chi connectivity index (χ2n) is 10.5. The van der Waals surface area contributed by atoms with Crippen LogP contribution in [0, 0.1) is 31.5 Å². The van der Waals surface area contributed by atoms with Gasteiger partial charge >= 0.3 is 12.1 Å². The van der Waals surface area contributed by atoms with E-state index in [9.17, 15) is 23.9 Å². The molecule has 7 nitrogen and oxygen atoms in total. The van der Waals surface area contributed by atoms with Crippen molar-refractivity contribution in [3.63, 3.8) is 0 Å². The number of carboxylic acids is 1. The highest BCUT2D eigenvalue weighted by Crippen LogP contribution is 2.34. The second kappa shape index (κ2) is 11.3. The van der Waals surface area contributed by atoms with Gasteiger partial charge < -0.3 is 19.5 Å². The van der Waals surface area contributed by atoms with E-state index in [0.717, 1.165) is 16.7 Å². The molecule has 0 aromatic heterocycles. The van der Waals surface area contributed by atoms with Gasteiger partial charge in [-0.1, -0.05) is 30.3 Å². The average Bonchev–Trinajstić information content (AvgIpc) is 3.30. The summed E-state index contributed by atoms with van der Waals surface area (Å²) in [6, 6.07) is 18.0. The van der Waals surface area contributed by atoms with Crippen molar-refractivity contribution in [1.82, 2.24) is 4.90 Å². The lowest BCUT2D eigenvalue weighted by molar-refractivity contribution is -0.152. The highest BCUT2D eigenvalue weighted by molar-refractivity contribution is 5.98. The molecule has 0 unspecified atom stereocenters. The van der Waals surface area contributed by atoms with Gasteiger partial charge in [-0.25, -0.2) is 14.0 Å². The first-order valence-electron chi connectivity index (χ1n) is 12.8. The minimum Gasteiger partial charge on any atom is -0.478 e. The van der Waals surface area contributed by atoms with Gasteiger partial charge in [-0.15, -0.1) is 0 Å². The molecule has 1 aliphatic rings. The summed E-state index contributed by atoms with van der Waals surface area (Å²) in [5.41, 5.74) is 1.48. The summed E-state index contributed by atoms with van der Waals surface area (Å²) in [6.45, 7) is 7.18. The van der Waals surface area contributed by atoms with Gasteiger partial charge in [0.1, 0.15) is 17.3 Å². The molecule has 2 atom stereocenters. The van der Waals surface area contributed by atoms with Crippen molar-refractivity contribution < 1.29 is 33.4 Å². The number of halogens is 1. The van der Waals surface area contributed by atoms with Gasteiger partial charge in [0.2, 0.25) is 0 Å². The molecule has 1 heterocycles. The number of benzene rings is 3. The first kappa shape index (κ1) is 27.8. The Hall–Kier alpha value is -4.20. The molecule has 3 aromatic rings. The van der Waals surface area contributed by atoms with E-state index in [-0.39, 0.29) is 18.2 Å². The molecule has 1 aliphatic heterocycles. The molecule has 0 radical (unpaired) electrons. The summed E-state index contributed by atoms with van der Waals surface area (Å²) < 4.78 is 24.9. The van der Waals surface area contributed by atoms with Gasteiger partial charge in [-0.05, 0) is 93.1 Å². The van der Waals surface area contributed by atoms with E-state index in [1.54, 1.807) is 24.3 Å². The van der Waals surface area contributed by atoms with Gasteiger partial charge in [0.05, 0.1) is 0 Å². The molecule has 0 spiro atoms. The van der Waals surface area contributed by atoms with Gasteiger partial charge in [-0.3, -0.25) is 4.79 Å². The lowest BCUT2D eigenvalue weighted by atomic mass is 9.84. The first-order valence-corrected chi connectivity index (χ1v) is 12.8. The maximum absolute atomic E-state index is 13.5. The lowest BCUT2D eigenvalue weighted by Crippen LogP contribution is -2.38. The fraction of sp³-hybridized carbons (Fsp3) is 0.323. The van der Waals surface area contributed by atoms with E-state index in [1.807, 2.05) is 32.0 Å². The highest BCUT2D eigenvalue weighted by Gasteiger charge is 2.40. The maximum atomic E-state index is 13.5. The van der Waals surface area contributed by atoms with E-state index in [2.05, 4.69) is 0 Å². The molecule has 4 rings (SSSR count). The Morgan fingerprint density at radius 3 is 2.18 bits per heavy atom. The molecule has 0 aliphatic carbocycles. The van der Waals surface area contributed by atoms with E-state index in [1.165, 1.54) is 43.0 Å². The molecule has 0 saturated carbocycles. The first-order chi connectivity index (χ1) is 18.4. The van der Waals surface area contributed by atoms with Crippen molar-refractivity contribution >= 4 is 17.8 Å². The van der Waals surface area contributed by atoms with Crippen LogP contribution in [0.15, 0.2) is 66.7 Å². The lowest BCUT2D eigenvalue weighted by Gasteiger charge is -2.25. The minimum atomic E-state index is -1.39. The van der Waals surface area contributed by atoms with Crippen LogP contribution in [-0.4, -0.2) is 46.5 Å². The Kier molecular flexibility index (Phi) is 8.04. The molecule has 39 heavy (non-hydrogen) atoms. The zero-order valence-corrected chi connectivity index (χ0v) is 22.4. The Bertz CT molecular complexity index is 1350. The third-order valence-corrected chi connectivity index (χ3v) is 7.00. The van der Waals surface area contributed by atoms with Gasteiger partial charge in [-0.2, -0.15) is 0 Å². The molecule has 0 bridgehead atoms. The van der Waals surface area contributed by atoms with Crippen molar-refractivity contribution in [2.24, 2.45) is 11.8 Å². The Morgan fingerprint density at radius 1 is 0.974 bits per heavy atom. The van der Waals surface area contributed by atoms with Crippen LogP contribution in [0.1, 0.15) is 40.9 Å². The SMILES string of the molecule is Cc1cc(C[C@H]2CN(C(=O)Oc3ccccc3)C[C@@H]2C(=O)c2ccc(F)cc2)cc(C)c1OC(C)(C)C(=O)O. The molecule has 204 valence electrons. The molecule has 1 amide bonds. The molecule has 3 aromatic carbocycles. The third-order valence-electron chi connectivity index (χ3n) is 7.00. The Balaban J connectivity index is 1.58. The van der Waals surface area contributed by atoms with Crippen LogP contribution < -0.4 is 9.47 Å². The number of Topliss-reactive ketones (excluding diaryl/α,β-unsaturated/α-hetero) is 1. The van der Waals surface area contributed by atoms with Crippen molar-refractivity contribution in [1.29, 1.82) is 0 Å². The number of para-hydroxylation sites is 1. The van der Waals surface area contributed by atoms with Gasteiger partial charge in [0.15, 0.2) is 11.4 Å². The number of hydrogen-bond donors (Lipinski definition) is 1. The number of amides is 1. The summed E-state index contributed by atoms with van der Waals surface area (Å²) in [7, 11) is 0. The van der Waals surface area contributed by atoms with Crippen LogP contribution in [0.3, 0.4) is 0 Å². The van der Waals surface area contributed by atoms with E-state index in [0.29, 0.717) is 30.0 Å². The van der Waals surface area contributed by atoms with Crippen molar-refractivity contribution in [2.45, 2.75) is 39.7 Å². The predicted molar refractivity (Wildman–Crippen MR) is 144 cm³/mol. The fourth-order valence-corrected chi connectivity index (χ4v) is 4.93. The van der Waals surface area contributed by atoms with Crippen molar-refractivity contribution in [2.75, 3.05) is 13.1 Å². The zero-order valence-electron chi connectivity index (χ0n) is 22.4. The van der Waals surface area contributed by atoms with E-state index < -0.39 is 29.4 Å². The number of aliphatic carboxylic acids is 1. The van der Waals surface area contributed by atoms with Gasteiger partial charge in [0.25, 0.3) is 0 Å². The molecule has 1 saturated heterocycles. The molecular weight excluding hydrogens is 501 g/mol. The number of carboxylic acid groups (broad SMARTS) is 1. The predicted octanol–water partition coefficient (Wildman–Crippen LogP) is 5.86. The number of ketones is 1. The Labute approximate surface area is 227 Å². The summed E-state index contributed by atoms with van der Waals surface area (Å²) in [5, 5.41) is 9.46. The van der Waals surface area contributed by atoms with Crippen LogP contribution in [0.5, 0.6) is 11.5 Å². The summed E-state index contributed by atoms with van der Waals surface area (Å²) in [6.07, 6.45) is -0.0376. The normalized spacial score (nSPS) is 17.1. The monoisotopic (exact) mass is 533 g/mol. The summed E-state index contributed by atoms with van der Waals surface area (Å²) in [4.78, 5) is 39.6. The number of aryl methyl sites for hydroxylation is 2. The smallest absolute Gasteiger partial charge is 0.415 e. The number of nitrogens with zero attached hydrogens (tertiary/aromatic N) is 1. The molecular formula is C31H32FNO6. The van der Waals surface area contributed by atoms with Crippen LogP contribution in [0.2, 0.25) is 0 Å². The van der Waals surface area contributed by atoms with Gasteiger partial charge in [0, 0.05) is 24.6 Å². The average molecular weight is 534 g/mol. The van der Waals surface area contributed by atoms with Crippen LogP contribution >= 0.6 is 0 Å². The largest absolute Gasteiger partial charge is 0.478 e.